The number of carbonyl (C=O) groups is 1. The Morgan fingerprint density at radius 1 is 1.11 bits per heavy atom. The van der Waals surface area contributed by atoms with Crippen LogP contribution in [-0.2, 0) is 11.3 Å². The van der Waals surface area contributed by atoms with Crippen LogP contribution in [0.4, 0.5) is 0 Å². The summed E-state index contributed by atoms with van der Waals surface area (Å²) in [6.45, 7) is -0.150. The van der Waals surface area contributed by atoms with Crippen LogP contribution in [0.25, 0.3) is 11.0 Å². The Morgan fingerprint density at radius 3 is 2.67 bits per heavy atom. The van der Waals surface area contributed by atoms with Crippen molar-refractivity contribution in [1.29, 1.82) is 0 Å². The minimum atomic E-state index is -0.582. The summed E-state index contributed by atoms with van der Waals surface area (Å²) in [4.78, 5) is 29.0. The fourth-order valence-corrected chi connectivity index (χ4v) is 2.86. The molecule has 2 N–H and O–H groups in total. The Morgan fingerprint density at radius 2 is 1.89 bits per heavy atom. The molecular formula is C18H15N7O2. The molecule has 0 fully saturated rings. The van der Waals surface area contributed by atoms with Crippen LogP contribution >= 0.6 is 0 Å². The van der Waals surface area contributed by atoms with Crippen LogP contribution in [-0.4, -0.2) is 36.1 Å². The van der Waals surface area contributed by atoms with Crippen molar-refractivity contribution in [1.82, 2.24) is 35.5 Å². The summed E-state index contributed by atoms with van der Waals surface area (Å²) >= 11 is 0. The molecule has 0 saturated carbocycles. The predicted molar refractivity (Wildman–Crippen MR) is 96.6 cm³/mol. The van der Waals surface area contributed by atoms with E-state index in [1.165, 1.54) is 10.8 Å². The second-order valence-corrected chi connectivity index (χ2v) is 5.85. The number of tetrazole rings is 1. The van der Waals surface area contributed by atoms with E-state index in [1.807, 2.05) is 36.4 Å². The molecule has 4 rings (SSSR count). The molecule has 0 bridgehead atoms. The Hall–Kier alpha value is -3.88. The largest absolute Gasteiger partial charge is 0.340 e. The fourth-order valence-electron chi connectivity index (χ4n) is 2.86. The zero-order valence-electron chi connectivity index (χ0n) is 14.1. The van der Waals surface area contributed by atoms with E-state index in [4.69, 9.17) is 0 Å². The maximum Gasteiger partial charge on any atom is 0.269 e. The molecule has 0 radical (unpaired) electrons. The van der Waals surface area contributed by atoms with Crippen LogP contribution in [0.15, 0.2) is 65.6 Å². The van der Waals surface area contributed by atoms with E-state index in [2.05, 4.69) is 30.9 Å². The van der Waals surface area contributed by atoms with Gasteiger partial charge in [0.15, 0.2) is 0 Å². The van der Waals surface area contributed by atoms with Crippen LogP contribution in [0.2, 0.25) is 0 Å². The van der Waals surface area contributed by atoms with Gasteiger partial charge in [0, 0.05) is 0 Å². The van der Waals surface area contributed by atoms with Gasteiger partial charge in [-0.05, 0) is 17.7 Å². The van der Waals surface area contributed by atoms with Crippen LogP contribution in [0, 0.1) is 0 Å². The third kappa shape index (κ3) is 3.43. The Bertz CT molecular complexity index is 1120. The van der Waals surface area contributed by atoms with Gasteiger partial charge in [0.05, 0.1) is 17.2 Å². The summed E-state index contributed by atoms with van der Waals surface area (Å²) in [5.74, 6) is -0.0198. The van der Waals surface area contributed by atoms with E-state index in [9.17, 15) is 9.59 Å². The van der Waals surface area contributed by atoms with Gasteiger partial charge >= 0.3 is 0 Å². The summed E-state index contributed by atoms with van der Waals surface area (Å²) in [5.41, 5.74) is 1.69. The van der Waals surface area contributed by atoms with Gasteiger partial charge in [-0.15, -0.1) is 10.2 Å². The van der Waals surface area contributed by atoms with Gasteiger partial charge in [-0.2, -0.15) is 5.21 Å². The monoisotopic (exact) mass is 361 g/mol. The predicted octanol–water partition coefficient (Wildman–Crippen LogP) is 0.815. The molecule has 4 aromatic rings. The molecule has 1 unspecified atom stereocenters. The number of hydrogen-bond acceptors (Lipinski definition) is 6. The number of rotatable bonds is 5. The van der Waals surface area contributed by atoms with E-state index >= 15 is 0 Å². The van der Waals surface area contributed by atoms with E-state index in [1.54, 1.807) is 18.2 Å². The van der Waals surface area contributed by atoms with Crippen molar-refractivity contribution in [3.8, 4) is 0 Å². The van der Waals surface area contributed by atoms with Gasteiger partial charge in [-0.25, -0.2) is 4.98 Å². The third-order valence-corrected chi connectivity index (χ3v) is 4.11. The van der Waals surface area contributed by atoms with E-state index < -0.39 is 6.04 Å². The summed E-state index contributed by atoms with van der Waals surface area (Å²) in [6, 6.07) is 15.9. The summed E-state index contributed by atoms with van der Waals surface area (Å²) in [6.07, 6.45) is 1.21. The smallest absolute Gasteiger partial charge is 0.269 e. The number of hydrogen-bond donors (Lipinski definition) is 2. The molecule has 27 heavy (non-hydrogen) atoms. The average Bonchev–Trinajstić information content (AvgIpc) is 3.23. The zero-order valence-corrected chi connectivity index (χ0v) is 14.1. The average molecular weight is 361 g/mol. The van der Waals surface area contributed by atoms with E-state index in [-0.39, 0.29) is 18.0 Å². The standard InChI is InChI=1S/C18H15N7O2/c26-15(11-25-14-9-5-4-8-13(14)19-10-16(25)27)20-17(18-21-23-24-22-18)12-6-2-1-3-7-12/h1-10,17H,11H2,(H,20,26)(H,21,22,23,24). The minimum absolute atomic E-state index is 0.150. The summed E-state index contributed by atoms with van der Waals surface area (Å²) in [7, 11) is 0. The molecule has 0 aliphatic rings. The number of fused-ring (bicyclic) bond motifs is 1. The maximum atomic E-state index is 12.7. The number of H-pyrrole nitrogens is 1. The Balaban J connectivity index is 1.63. The second-order valence-electron chi connectivity index (χ2n) is 5.85. The molecule has 0 aliphatic carbocycles. The summed E-state index contributed by atoms with van der Waals surface area (Å²) < 4.78 is 1.38. The number of amides is 1. The van der Waals surface area contributed by atoms with Crippen LogP contribution in [0.3, 0.4) is 0 Å². The molecular weight excluding hydrogens is 346 g/mol. The minimum Gasteiger partial charge on any atom is -0.340 e. The first-order valence-corrected chi connectivity index (χ1v) is 8.24. The number of aromatic nitrogens is 6. The first-order chi connectivity index (χ1) is 13.2. The molecule has 0 saturated heterocycles. The molecule has 9 nitrogen and oxygen atoms in total. The molecule has 1 amide bonds. The SMILES string of the molecule is O=C(Cn1c(=O)cnc2ccccc21)NC(c1ccccc1)c1nn[nH]n1. The van der Waals surface area contributed by atoms with Gasteiger partial charge < -0.3 is 5.32 Å². The quantitative estimate of drug-likeness (QED) is 0.543. The molecule has 2 heterocycles. The molecule has 2 aromatic heterocycles. The van der Waals surface area contributed by atoms with Gasteiger partial charge in [0.2, 0.25) is 11.7 Å². The van der Waals surface area contributed by atoms with Gasteiger partial charge in [-0.1, -0.05) is 47.7 Å². The van der Waals surface area contributed by atoms with Gasteiger partial charge in [-0.3, -0.25) is 14.2 Å². The van der Waals surface area contributed by atoms with E-state index in [0.717, 1.165) is 5.56 Å². The molecule has 9 heteroatoms. The lowest BCUT2D eigenvalue weighted by Crippen LogP contribution is -2.35. The zero-order chi connectivity index (χ0) is 18.6. The molecule has 2 aromatic carbocycles. The highest BCUT2D eigenvalue weighted by Crippen LogP contribution is 2.18. The van der Waals surface area contributed by atoms with Crippen molar-refractivity contribution in [2.75, 3.05) is 0 Å². The molecule has 134 valence electrons. The maximum absolute atomic E-state index is 12.7. The normalized spacial score (nSPS) is 12.0. The topological polar surface area (TPSA) is 118 Å². The number of aromatic amines is 1. The lowest BCUT2D eigenvalue weighted by molar-refractivity contribution is -0.122. The van der Waals surface area contributed by atoms with Crippen LogP contribution in [0.1, 0.15) is 17.4 Å². The summed E-state index contributed by atoms with van der Waals surface area (Å²) in [5, 5.41) is 16.8. The Labute approximate surface area is 153 Å². The first kappa shape index (κ1) is 16.6. The number of nitrogens with one attached hydrogen (secondary N) is 2. The highest BCUT2D eigenvalue weighted by atomic mass is 16.2. The highest BCUT2D eigenvalue weighted by molar-refractivity contribution is 5.80. The van der Waals surface area contributed by atoms with Crippen molar-refractivity contribution in [3.63, 3.8) is 0 Å². The molecule has 0 aliphatic heterocycles. The van der Waals surface area contributed by atoms with Crippen molar-refractivity contribution in [2.45, 2.75) is 12.6 Å². The first-order valence-electron chi connectivity index (χ1n) is 8.24. The van der Waals surface area contributed by atoms with Crippen molar-refractivity contribution < 1.29 is 4.79 Å². The van der Waals surface area contributed by atoms with Crippen molar-refractivity contribution in [3.05, 3.63) is 82.5 Å². The van der Waals surface area contributed by atoms with Gasteiger partial charge in [0.25, 0.3) is 5.56 Å². The van der Waals surface area contributed by atoms with Crippen molar-refractivity contribution in [2.24, 2.45) is 0 Å². The highest BCUT2D eigenvalue weighted by Gasteiger charge is 2.21. The van der Waals surface area contributed by atoms with E-state index in [0.29, 0.717) is 16.9 Å². The fraction of sp³-hybridized carbons (Fsp3) is 0.111. The number of para-hydroxylation sites is 2. The third-order valence-electron chi connectivity index (χ3n) is 4.11. The lowest BCUT2D eigenvalue weighted by Gasteiger charge is -2.17. The number of nitrogens with zero attached hydrogens (tertiary/aromatic N) is 5. The molecule has 0 spiro atoms. The van der Waals surface area contributed by atoms with Gasteiger partial charge in [0.1, 0.15) is 12.6 Å². The second kappa shape index (κ2) is 7.16. The number of carbonyl (C=O) groups excluding carboxylic acids is 1. The van der Waals surface area contributed by atoms with Crippen molar-refractivity contribution >= 4 is 16.9 Å². The van der Waals surface area contributed by atoms with Crippen LogP contribution < -0.4 is 10.9 Å². The van der Waals surface area contributed by atoms with Crippen LogP contribution in [0.5, 0.6) is 0 Å². The number of benzene rings is 2. The molecule has 1 atom stereocenters. The Kier molecular flexibility index (Phi) is 4.40. The lowest BCUT2D eigenvalue weighted by atomic mass is 10.1.